The molecule has 0 aliphatic heterocycles. The fourth-order valence-electron chi connectivity index (χ4n) is 1.09. The monoisotopic (exact) mass is 250 g/mol. The van der Waals surface area contributed by atoms with Crippen molar-refractivity contribution in [1.29, 1.82) is 0 Å². The van der Waals surface area contributed by atoms with Crippen LogP contribution in [0.4, 0.5) is 11.1 Å². The van der Waals surface area contributed by atoms with Gasteiger partial charge in [-0.25, -0.2) is 9.97 Å². The smallest absolute Gasteiger partial charge is 0.227 e. The molecule has 0 spiro atoms. The third-order valence-corrected chi connectivity index (χ3v) is 2.41. The first-order valence-electron chi connectivity index (χ1n) is 4.91. The number of nitrogens with one attached hydrogen (secondary N) is 2. The van der Waals surface area contributed by atoms with Crippen LogP contribution in [0.5, 0.6) is 0 Å². The molecule has 7 nitrogen and oxygen atoms in total. The van der Waals surface area contributed by atoms with Gasteiger partial charge in [-0.05, 0) is 6.07 Å². The largest absolute Gasteiger partial charge is 0.354 e. The summed E-state index contributed by atoms with van der Waals surface area (Å²) in [7, 11) is 0. The topological polar surface area (TPSA) is 92.7 Å². The summed E-state index contributed by atoms with van der Waals surface area (Å²) < 4.78 is 0. The van der Waals surface area contributed by atoms with E-state index in [1.807, 2.05) is 0 Å². The van der Waals surface area contributed by atoms with E-state index in [0.717, 1.165) is 0 Å². The van der Waals surface area contributed by atoms with Crippen LogP contribution in [0, 0.1) is 0 Å². The molecule has 2 heterocycles. The number of rotatable bonds is 5. The van der Waals surface area contributed by atoms with Crippen molar-refractivity contribution >= 4 is 28.3 Å². The molecule has 2 aromatic rings. The molecule has 2 rings (SSSR count). The van der Waals surface area contributed by atoms with Gasteiger partial charge in [-0.3, -0.25) is 4.79 Å². The van der Waals surface area contributed by atoms with Crippen LogP contribution >= 0.6 is 11.3 Å². The molecule has 8 heteroatoms. The molecule has 88 valence electrons. The third-order valence-electron chi connectivity index (χ3n) is 1.81. The minimum atomic E-state index is -0.120. The Morgan fingerprint density at radius 2 is 2.18 bits per heavy atom. The van der Waals surface area contributed by atoms with Gasteiger partial charge in [-0.2, -0.15) is 0 Å². The fraction of sp³-hybridized carbons (Fsp3) is 0.222. The minimum Gasteiger partial charge on any atom is -0.354 e. The van der Waals surface area contributed by atoms with Gasteiger partial charge in [-0.15, -0.1) is 10.2 Å². The van der Waals surface area contributed by atoms with Gasteiger partial charge < -0.3 is 10.6 Å². The second-order valence-corrected chi connectivity index (χ2v) is 3.87. The third kappa shape index (κ3) is 3.76. The van der Waals surface area contributed by atoms with Gasteiger partial charge in [0, 0.05) is 25.4 Å². The molecule has 1 amide bonds. The van der Waals surface area contributed by atoms with E-state index in [0.29, 0.717) is 24.0 Å². The molecule has 0 atom stereocenters. The lowest BCUT2D eigenvalue weighted by molar-refractivity contribution is -0.115. The van der Waals surface area contributed by atoms with E-state index in [-0.39, 0.29) is 5.91 Å². The van der Waals surface area contributed by atoms with Gasteiger partial charge in [0.15, 0.2) is 0 Å². The van der Waals surface area contributed by atoms with Crippen molar-refractivity contribution < 1.29 is 4.79 Å². The maximum absolute atomic E-state index is 11.4. The highest BCUT2D eigenvalue weighted by Gasteiger charge is 2.04. The number of aromatic nitrogens is 4. The standard InChI is InChI=1S/C9H10N6OS/c16-7(14-9-15-13-6-17-9)2-5-12-8-10-3-1-4-11-8/h1,3-4,6H,2,5H2,(H,10,11,12)(H,14,15,16). The van der Waals surface area contributed by atoms with Crippen molar-refractivity contribution in [3.8, 4) is 0 Å². The highest BCUT2D eigenvalue weighted by Crippen LogP contribution is 2.07. The van der Waals surface area contributed by atoms with Crippen LogP contribution in [-0.2, 0) is 4.79 Å². The second-order valence-electron chi connectivity index (χ2n) is 3.04. The molecule has 2 aromatic heterocycles. The molecular formula is C9H10N6OS. The molecule has 17 heavy (non-hydrogen) atoms. The summed E-state index contributed by atoms with van der Waals surface area (Å²) in [6.07, 6.45) is 3.59. The van der Waals surface area contributed by atoms with Gasteiger partial charge in [0.2, 0.25) is 17.0 Å². The van der Waals surface area contributed by atoms with Crippen molar-refractivity contribution in [1.82, 2.24) is 20.2 Å². The lowest BCUT2D eigenvalue weighted by Crippen LogP contribution is -2.16. The Hall–Kier alpha value is -2.09. The van der Waals surface area contributed by atoms with Gasteiger partial charge in [0.05, 0.1) is 0 Å². The molecular weight excluding hydrogens is 240 g/mol. The molecule has 0 radical (unpaired) electrons. The van der Waals surface area contributed by atoms with Gasteiger partial charge in [0.1, 0.15) is 5.51 Å². The summed E-state index contributed by atoms with van der Waals surface area (Å²) in [6.45, 7) is 0.467. The number of carbonyl (C=O) groups is 1. The van der Waals surface area contributed by atoms with E-state index < -0.39 is 0 Å². The van der Waals surface area contributed by atoms with Crippen LogP contribution in [0.2, 0.25) is 0 Å². The molecule has 0 saturated carbocycles. The maximum Gasteiger partial charge on any atom is 0.227 e. The number of hydrogen-bond acceptors (Lipinski definition) is 7. The Morgan fingerprint density at radius 3 is 2.88 bits per heavy atom. The van der Waals surface area contributed by atoms with Crippen molar-refractivity contribution in [2.75, 3.05) is 17.2 Å². The number of hydrogen-bond donors (Lipinski definition) is 2. The lowest BCUT2D eigenvalue weighted by atomic mass is 10.4. The van der Waals surface area contributed by atoms with Crippen LogP contribution in [0.25, 0.3) is 0 Å². The van der Waals surface area contributed by atoms with E-state index in [9.17, 15) is 4.79 Å². The van der Waals surface area contributed by atoms with Crippen LogP contribution in [-0.4, -0.2) is 32.6 Å². The first-order chi connectivity index (χ1) is 8.34. The van der Waals surface area contributed by atoms with Crippen molar-refractivity contribution in [2.45, 2.75) is 6.42 Å². The number of nitrogens with zero attached hydrogens (tertiary/aromatic N) is 4. The summed E-state index contributed by atoms with van der Waals surface area (Å²) in [6, 6.07) is 1.73. The maximum atomic E-state index is 11.4. The Balaban J connectivity index is 1.70. The van der Waals surface area contributed by atoms with E-state index in [2.05, 4.69) is 30.8 Å². The van der Waals surface area contributed by atoms with Gasteiger partial charge in [0.25, 0.3) is 0 Å². The normalized spacial score (nSPS) is 9.88. The van der Waals surface area contributed by atoms with Crippen molar-refractivity contribution in [3.05, 3.63) is 24.0 Å². The first-order valence-corrected chi connectivity index (χ1v) is 5.79. The zero-order valence-corrected chi connectivity index (χ0v) is 9.65. The molecule has 0 bridgehead atoms. The summed E-state index contributed by atoms with van der Waals surface area (Å²) in [5.74, 6) is 0.390. The summed E-state index contributed by atoms with van der Waals surface area (Å²) >= 11 is 1.28. The zero-order valence-electron chi connectivity index (χ0n) is 8.83. The van der Waals surface area contributed by atoms with Crippen LogP contribution < -0.4 is 10.6 Å². The molecule has 0 saturated heterocycles. The van der Waals surface area contributed by atoms with E-state index in [4.69, 9.17) is 0 Å². The average molecular weight is 250 g/mol. The average Bonchev–Trinajstić information content (AvgIpc) is 2.83. The van der Waals surface area contributed by atoms with Crippen LogP contribution in [0.1, 0.15) is 6.42 Å². The van der Waals surface area contributed by atoms with Crippen molar-refractivity contribution in [3.63, 3.8) is 0 Å². The van der Waals surface area contributed by atoms with Gasteiger partial charge in [-0.1, -0.05) is 11.3 Å². The molecule has 0 fully saturated rings. The van der Waals surface area contributed by atoms with E-state index in [1.54, 1.807) is 24.0 Å². The first kappa shape index (κ1) is 11.4. The van der Waals surface area contributed by atoms with Crippen molar-refractivity contribution in [2.24, 2.45) is 0 Å². The molecule has 0 unspecified atom stereocenters. The van der Waals surface area contributed by atoms with Crippen LogP contribution in [0.15, 0.2) is 24.0 Å². The summed E-state index contributed by atoms with van der Waals surface area (Å²) in [5, 5.41) is 13.4. The van der Waals surface area contributed by atoms with E-state index >= 15 is 0 Å². The number of amides is 1. The predicted octanol–water partition coefficient (Wildman–Crippen LogP) is 0.769. The quantitative estimate of drug-likeness (QED) is 0.814. The summed E-state index contributed by atoms with van der Waals surface area (Å²) in [4.78, 5) is 19.4. The highest BCUT2D eigenvalue weighted by atomic mass is 32.1. The molecule has 2 N–H and O–H groups in total. The SMILES string of the molecule is O=C(CCNc1ncccn1)Nc1nncs1. The number of anilines is 2. The minimum absolute atomic E-state index is 0.120. The molecule has 0 aliphatic rings. The fourth-order valence-corrected chi connectivity index (χ4v) is 1.55. The zero-order chi connectivity index (χ0) is 11.9. The second kappa shape index (κ2) is 5.85. The Morgan fingerprint density at radius 1 is 1.35 bits per heavy atom. The van der Waals surface area contributed by atoms with Gasteiger partial charge >= 0.3 is 0 Å². The molecule has 0 aliphatic carbocycles. The molecule has 0 aromatic carbocycles. The van der Waals surface area contributed by atoms with Crippen LogP contribution in [0.3, 0.4) is 0 Å². The van der Waals surface area contributed by atoms with E-state index in [1.165, 1.54) is 11.3 Å². The summed E-state index contributed by atoms with van der Waals surface area (Å²) in [5.41, 5.74) is 1.56. The highest BCUT2D eigenvalue weighted by molar-refractivity contribution is 7.13. The number of carbonyl (C=O) groups excluding carboxylic acids is 1. The Labute approximate surface area is 101 Å². The lowest BCUT2D eigenvalue weighted by Gasteiger charge is -2.03. The Bertz CT molecular complexity index is 460. The predicted molar refractivity (Wildman–Crippen MR) is 63.7 cm³/mol. The Kier molecular flexibility index (Phi) is 3.92.